The van der Waals surface area contributed by atoms with Gasteiger partial charge in [-0.15, -0.1) is 0 Å². The summed E-state index contributed by atoms with van der Waals surface area (Å²) < 4.78 is 38.4. The summed E-state index contributed by atoms with van der Waals surface area (Å²) >= 11 is 0. The van der Waals surface area contributed by atoms with Gasteiger partial charge in [0, 0.05) is 18.8 Å². The Hall–Kier alpha value is -1.79. The highest BCUT2D eigenvalue weighted by atomic mass is 19.4. The zero-order valence-electron chi connectivity index (χ0n) is 10.9. The number of aromatic nitrogens is 1. The maximum atomic E-state index is 12.8. The molecule has 1 aliphatic rings. The van der Waals surface area contributed by atoms with Crippen LogP contribution in [0.15, 0.2) is 12.1 Å². The number of rotatable bonds is 2. The lowest BCUT2D eigenvalue weighted by atomic mass is 9.97. The van der Waals surface area contributed by atoms with Crippen LogP contribution >= 0.6 is 0 Å². The van der Waals surface area contributed by atoms with Crippen molar-refractivity contribution in [1.82, 2.24) is 4.98 Å². The molecule has 1 aliphatic heterocycles. The van der Waals surface area contributed by atoms with Crippen molar-refractivity contribution in [2.24, 2.45) is 5.92 Å². The Morgan fingerprint density at radius 3 is 2.75 bits per heavy atom. The van der Waals surface area contributed by atoms with Gasteiger partial charge in [-0.3, -0.25) is 0 Å². The predicted octanol–water partition coefficient (Wildman–Crippen LogP) is 2.87. The number of aryl methyl sites for hydroxylation is 1. The van der Waals surface area contributed by atoms with E-state index in [9.17, 15) is 18.0 Å². The van der Waals surface area contributed by atoms with E-state index in [1.807, 2.05) is 0 Å². The number of carboxylic acid groups (broad SMARTS) is 1. The topological polar surface area (TPSA) is 53.4 Å². The van der Waals surface area contributed by atoms with Crippen LogP contribution in [0.5, 0.6) is 0 Å². The Bertz CT molecular complexity index is 517. The van der Waals surface area contributed by atoms with Crippen molar-refractivity contribution in [3.05, 3.63) is 23.4 Å². The van der Waals surface area contributed by atoms with Crippen LogP contribution in [-0.2, 0) is 0 Å². The molecule has 0 aromatic carbocycles. The number of piperidine rings is 1. The highest BCUT2D eigenvalue weighted by Crippen LogP contribution is 2.35. The third-order valence-corrected chi connectivity index (χ3v) is 3.43. The number of pyridine rings is 1. The van der Waals surface area contributed by atoms with Crippen molar-refractivity contribution in [2.45, 2.75) is 25.9 Å². The van der Waals surface area contributed by atoms with Gasteiger partial charge in [-0.2, -0.15) is 13.2 Å². The van der Waals surface area contributed by atoms with Gasteiger partial charge in [0.25, 0.3) is 0 Å². The van der Waals surface area contributed by atoms with E-state index >= 15 is 0 Å². The molecule has 1 saturated heterocycles. The quantitative estimate of drug-likeness (QED) is 0.909. The average molecular weight is 288 g/mol. The van der Waals surface area contributed by atoms with Gasteiger partial charge in [-0.05, 0) is 31.9 Å². The van der Waals surface area contributed by atoms with Crippen molar-refractivity contribution in [2.75, 3.05) is 18.0 Å². The van der Waals surface area contributed by atoms with Gasteiger partial charge in [-0.25, -0.2) is 9.78 Å². The van der Waals surface area contributed by atoms with Gasteiger partial charge in [0.15, 0.2) is 0 Å². The number of alkyl halides is 3. The minimum atomic E-state index is -4.26. The monoisotopic (exact) mass is 288 g/mol. The van der Waals surface area contributed by atoms with Crippen molar-refractivity contribution < 1.29 is 23.1 Å². The lowest BCUT2D eigenvalue weighted by Crippen LogP contribution is -2.42. The maximum Gasteiger partial charge on any atom is 0.393 e. The van der Waals surface area contributed by atoms with Gasteiger partial charge in [-0.1, -0.05) is 0 Å². The Morgan fingerprint density at radius 1 is 1.45 bits per heavy atom. The van der Waals surface area contributed by atoms with Gasteiger partial charge < -0.3 is 10.0 Å². The normalized spacial score (nSPS) is 20.0. The fraction of sp³-hybridized carbons (Fsp3) is 0.538. The van der Waals surface area contributed by atoms with Crippen LogP contribution in [0.2, 0.25) is 0 Å². The van der Waals surface area contributed by atoms with Crippen LogP contribution in [-0.4, -0.2) is 35.3 Å². The molecule has 1 unspecified atom stereocenters. The smallest absolute Gasteiger partial charge is 0.393 e. The van der Waals surface area contributed by atoms with Crippen LogP contribution in [0, 0.1) is 12.8 Å². The lowest BCUT2D eigenvalue weighted by molar-refractivity contribution is -0.176. The van der Waals surface area contributed by atoms with E-state index in [2.05, 4.69) is 4.98 Å². The number of nitrogens with zero attached hydrogens (tertiary/aromatic N) is 2. The number of halogens is 3. The van der Waals surface area contributed by atoms with Crippen LogP contribution in [0.3, 0.4) is 0 Å². The number of hydrogen-bond donors (Lipinski definition) is 1. The van der Waals surface area contributed by atoms with E-state index < -0.39 is 18.1 Å². The van der Waals surface area contributed by atoms with Gasteiger partial charge in [0.05, 0.1) is 5.92 Å². The predicted molar refractivity (Wildman–Crippen MR) is 66.9 cm³/mol. The molecule has 1 fully saturated rings. The van der Waals surface area contributed by atoms with E-state index in [0.717, 1.165) is 0 Å². The molecule has 110 valence electrons. The summed E-state index contributed by atoms with van der Waals surface area (Å²) in [6.07, 6.45) is -3.81. The first-order chi connectivity index (χ1) is 9.29. The second-order valence-electron chi connectivity index (χ2n) is 4.96. The van der Waals surface area contributed by atoms with Crippen molar-refractivity contribution in [1.29, 1.82) is 0 Å². The molecule has 0 spiro atoms. The molecule has 1 N–H and O–H groups in total. The third-order valence-electron chi connectivity index (χ3n) is 3.43. The number of aromatic carboxylic acids is 1. The molecule has 1 atom stereocenters. The second kappa shape index (κ2) is 5.30. The number of carbonyl (C=O) groups is 1. The van der Waals surface area contributed by atoms with Crippen LogP contribution < -0.4 is 4.90 Å². The first-order valence-corrected chi connectivity index (χ1v) is 6.31. The molecule has 2 rings (SSSR count). The summed E-state index contributed by atoms with van der Waals surface area (Å²) in [6, 6.07) is 2.93. The molecular formula is C13H15F3N2O2. The molecule has 7 heteroatoms. The highest BCUT2D eigenvalue weighted by molar-refractivity contribution is 5.93. The van der Waals surface area contributed by atoms with E-state index in [0.29, 0.717) is 18.7 Å². The first-order valence-electron chi connectivity index (χ1n) is 6.31. The summed E-state index contributed by atoms with van der Waals surface area (Å²) in [6.45, 7) is 1.84. The number of hydrogen-bond acceptors (Lipinski definition) is 3. The summed E-state index contributed by atoms with van der Waals surface area (Å²) in [4.78, 5) is 16.7. The zero-order chi connectivity index (χ0) is 14.9. The van der Waals surface area contributed by atoms with Gasteiger partial charge in [0.1, 0.15) is 11.4 Å². The fourth-order valence-electron chi connectivity index (χ4n) is 2.39. The Morgan fingerprint density at radius 2 is 2.15 bits per heavy atom. The summed E-state index contributed by atoms with van der Waals surface area (Å²) in [5, 5.41) is 9.12. The van der Waals surface area contributed by atoms with E-state index in [1.54, 1.807) is 6.92 Å². The average Bonchev–Trinajstić information content (AvgIpc) is 2.37. The maximum absolute atomic E-state index is 12.8. The second-order valence-corrected chi connectivity index (χ2v) is 4.96. The minimum Gasteiger partial charge on any atom is -0.478 e. The van der Waals surface area contributed by atoms with E-state index in [4.69, 9.17) is 5.11 Å². The van der Waals surface area contributed by atoms with E-state index in [1.165, 1.54) is 17.0 Å². The highest BCUT2D eigenvalue weighted by Gasteiger charge is 2.42. The van der Waals surface area contributed by atoms with Crippen molar-refractivity contribution in [3.8, 4) is 0 Å². The van der Waals surface area contributed by atoms with Crippen LogP contribution in [0.25, 0.3) is 0 Å². The minimum absolute atomic E-state index is 0.0570. The molecule has 4 nitrogen and oxygen atoms in total. The zero-order valence-corrected chi connectivity index (χ0v) is 10.9. The summed E-state index contributed by atoms with van der Waals surface area (Å²) in [7, 11) is 0. The molecule has 0 saturated carbocycles. The van der Waals surface area contributed by atoms with Crippen LogP contribution in [0.4, 0.5) is 19.0 Å². The fourth-order valence-corrected chi connectivity index (χ4v) is 2.39. The van der Waals surface area contributed by atoms with Crippen molar-refractivity contribution >= 4 is 11.8 Å². The van der Waals surface area contributed by atoms with Gasteiger partial charge in [0.2, 0.25) is 0 Å². The van der Waals surface area contributed by atoms with Crippen molar-refractivity contribution in [3.63, 3.8) is 0 Å². The first kappa shape index (κ1) is 14.6. The third kappa shape index (κ3) is 3.02. The van der Waals surface area contributed by atoms with E-state index in [-0.39, 0.29) is 24.3 Å². The largest absolute Gasteiger partial charge is 0.478 e. The summed E-state index contributed by atoms with van der Waals surface area (Å²) in [5.74, 6) is -2.48. The summed E-state index contributed by atoms with van der Waals surface area (Å²) in [5.41, 5.74) is 0.526. The van der Waals surface area contributed by atoms with Crippen LogP contribution in [0.1, 0.15) is 28.9 Å². The Labute approximate surface area is 114 Å². The molecule has 0 bridgehead atoms. The number of carboxylic acids is 1. The molecule has 0 aliphatic carbocycles. The molecule has 0 amide bonds. The molecule has 1 aromatic heterocycles. The Balaban J connectivity index is 2.31. The SMILES string of the molecule is Cc1ccc(C(=O)O)c(N2CCCC(C(F)(F)F)C2)n1. The number of anilines is 1. The molecular weight excluding hydrogens is 273 g/mol. The molecule has 2 heterocycles. The van der Waals surface area contributed by atoms with Gasteiger partial charge >= 0.3 is 12.1 Å². The molecule has 20 heavy (non-hydrogen) atoms. The standard InChI is InChI=1S/C13H15F3N2O2/c1-8-4-5-10(12(19)20)11(17-8)18-6-2-3-9(7-18)13(14,15)16/h4-5,9H,2-3,6-7H2,1H3,(H,19,20). The Kier molecular flexibility index (Phi) is 3.87. The molecule has 0 radical (unpaired) electrons. The lowest BCUT2D eigenvalue weighted by Gasteiger charge is -2.35. The molecule has 1 aromatic rings.